The van der Waals surface area contributed by atoms with Crippen LogP contribution in [0.3, 0.4) is 0 Å². The van der Waals surface area contributed by atoms with E-state index in [0.717, 1.165) is 30.4 Å². The summed E-state index contributed by atoms with van der Waals surface area (Å²) in [7, 11) is 0. The molecule has 2 heteroatoms. The third-order valence-electron chi connectivity index (χ3n) is 2.69. The zero-order valence-electron chi connectivity index (χ0n) is 6.76. The molecular formula is C8H15NO. The normalized spacial score (nSPS) is 22.8. The zero-order valence-corrected chi connectivity index (χ0v) is 6.76. The molecule has 0 N–H and O–H groups in total. The van der Waals surface area contributed by atoms with E-state index in [1.165, 1.54) is 0 Å². The molecule has 2 nitrogen and oxygen atoms in total. The van der Waals surface area contributed by atoms with Crippen molar-refractivity contribution in [2.24, 2.45) is 0 Å². The van der Waals surface area contributed by atoms with E-state index in [0.29, 0.717) is 0 Å². The highest BCUT2D eigenvalue weighted by molar-refractivity contribution is 5.53. The van der Waals surface area contributed by atoms with Crippen molar-refractivity contribution in [1.29, 1.82) is 0 Å². The van der Waals surface area contributed by atoms with Crippen LogP contribution in [-0.4, -0.2) is 16.5 Å². The van der Waals surface area contributed by atoms with Gasteiger partial charge in [-0.05, 0) is 0 Å². The third-order valence-corrected chi connectivity index (χ3v) is 2.69. The molecule has 1 heterocycles. The Morgan fingerprint density at radius 3 is 2.30 bits per heavy atom. The maximum atomic E-state index is 11.2. The second-order valence-corrected chi connectivity index (χ2v) is 2.98. The van der Waals surface area contributed by atoms with Gasteiger partial charge >= 0.3 is 0 Å². The lowest BCUT2D eigenvalue weighted by atomic mass is 9.91. The number of hydrogen-bond donors (Lipinski definition) is 0. The van der Waals surface area contributed by atoms with Crippen LogP contribution < -0.4 is 0 Å². The first-order chi connectivity index (χ1) is 4.75. The molecular weight excluding hydrogens is 126 g/mol. The van der Waals surface area contributed by atoms with Crippen LogP contribution in [-0.2, 0) is 0 Å². The van der Waals surface area contributed by atoms with Crippen molar-refractivity contribution < 1.29 is 4.74 Å². The van der Waals surface area contributed by atoms with E-state index in [4.69, 9.17) is 0 Å². The Balaban J connectivity index is 2.74. The Morgan fingerprint density at radius 1 is 1.50 bits per heavy atom. The molecule has 0 aromatic carbocycles. The molecule has 1 aliphatic heterocycles. The first-order valence-electron chi connectivity index (χ1n) is 4.05. The first kappa shape index (κ1) is 7.58. The first-order valence-corrected chi connectivity index (χ1v) is 4.05. The van der Waals surface area contributed by atoms with E-state index in [2.05, 4.69) is 13.8 Å². The summed E-state index contributed by atoms with van der Waals surface area (Å²) in [6, 6.07) is 0. The van der Waals surface area contributed by atoms with Crippen molar-refractivity contribution >= 4 is 6.21 Å². The van der Waals surface area contributed by atoms with Gasteiger partial charge in [-0.1, -0.05) is 13.8 Å². The van der Waals surface area contributed by atoms with E-state index in [1.807, 2.05) is 0 Å². The standard InChI is InChI=1S/C8H15NO/c1-3-8(4-2)6-5-7-9(8)10/h7H,3-6H2,1-2H3. The van der Waals surface area contributed by atoms with Crippen molar-refractivity contribution in [2.45, 2.75) is 45.1 Å². The minimum absolute atomic E-state index is 0.0417. The summed E-state index contributed by atoms with van der Waals surface area (Å²) >= 11 is 0. The third kappa shape index (κ3) is 0.917. The summed E-state index contributed by atoms with van der Waals surface area (Å²) in [6.07, 6.45) is 5.73. The number of hydroxylamine groups is 1. The Kier molecular flexibility index (Phi) is 1.97. The summed E-state index contributed by atoms with van der Waals surface area (Å²) in [5, 5.41) is 11.2. The van der Waals surface area contributed by atoms with Gasteiger partial charge in [0.05, 0.1) is 0 Å². The van der Waals surface area contributed by atoms with E-state index in [9.17, 15) is 5.21 Å². The van der Waals surface area contributed by atoms with Crippen LogP contribution in [0, 0.1) is 5.21 Å². The average molecular weight is 141 g/mol. The highest BCUT2D eigenvalue weighted by Crippen LogP contribution is 2.28. The Labute approximate surface area is 62.1 Å². The molecule has 0 unspecified atom stereocenters. The fourth-order valence-electron chi connectivity index (χ4n) is 1.67. The fourth-order valence-corrected chi connectivity index (χ4v) is 1.67. The molecule has 10 heavy (non-hydrogen) atoms. The van der Waals surface area contributed by atoms with E-state index in [-0.39, 0.29) is 5.54 Å². The number of nitrogens with zero attached hydrogens (tertiary/aromatic N) is 1. The molecule has 0 saturated carbocycles. The molecule has 0 bridgehead atoms. The molecule has 1 aliphatic rings. The maximum absolute atomic E-state index is 11.2. The molecule has 0 aromatic heterocycles. The summed E-state index contributed by atoms with van der Waals surface area (Å²) in [6.45, 7) is 4.18. The number of rotatable bonds is 2. The molecule has 0 saturated heterocycles. The summed E-state index contributed by atoms with van der Waals surface area (Å²) in [5.74, 6) is 0. The largest absolute Gasteiger partial charge is 0.624 e. The summed E-state index contributed by atoms with van der Waals surface area (Å²) in [5.41, 5.74) is -0.0417. The summed E-state index contributed by atoms with van der Waals surface area (Å²) in [4.78, 5) is 0. The predicted octanol–water partition coefficient (Wildman–Crippen LogP) is 1.92. The van der Waals surface area contributed by atoms with Crippen LogP contribution in [0.25, 0.3) is 0 Å². The topological polar surface area (TPSA) is 26.1 Å². The second-order valence-electron chi connectivity index (χ2n) is 2.98. The van der Waals surface area contributed by atoms with Crippen molar-refractivity contribution in [3.05, 3.63) is 5.21 Å². The van der Waals surface area contributed by atoms with Crippen molar-refractivity contribution in [2.75, 3.05) is 0 Å². The van der Waals surface area contributed by atoms with Crippen molar-refractivity contribution in [3.63, 3.8) is 0 Å². The SMILES string of the molecule is CCC1(CC)CCC=[N+]1[O-]. The lowest BCUT2D eigenvalue weighted by molar-refractivity contribution is -0.539. The predicted molar refractivity (Wildman–Crippen MR) is 42.2 cm³/mol. The van der Waals surface area contributed by atoms with Gasteiger partial charge in [0.1, 0.15) is 0 Å². The van der Waals surface area contributed by atoms with Gasteiger partial charge in [-0.15, -0.1) is 0 Å². The highest BCUT2D eigenvalue weighted by atomic mass is 16.5. The highest BCUT2D eigenvalue weighted by Gasteiger charge is 2.37. The minimum atomic E-state index is -0.0417. The van der Waals surface area contributed by atoms with Gasteiger partial charge in [-0.2, -0.15) is 0 Å². The van der Waals surface area contributed by atoms with Crippen LogP contribution in [0.4, 0.5) is 0 Å². The van der Waals surface area contributed by atoms with Gasteiger partial charge in [-0.3, -0.25) is 0 Å². The number of hydrogen-bond acceptors (Lipinski definition) is 1. The van der Waals surface area contributed by atoms with Gasteiger partial charge in [0.15, 0.2) is 11.8 Å². The van der Waals surface area contributed by atoms with Gasteiger partial charge in [0.25, 0.3) is 0 Å². The molecule has 0 aliphatic carbocycles. The molecule has 0 spiro atoms. The van der Waals surface area contributed by atoms with Crippen LogP contribution >= 0.6 is 0 Å². The monoisotopic (exact) mass is 141 g/mol. The van der Waals surface area contributed by atoms with Crippen LogP contribution in [0.15, 0.2) is 0 Å². The van der Waals surface area contributed by atoms with Gasteiger partial charge in [-0.25, -0.2) is 4.74 Å². The molecule has 1 rings (SSSR count). The van der Waals surface area contributed by atoms with E-state index >= 15 is 0 Å². The maximum Gasteiger partial charge on any atom is 0.172 e. The van der Waals surface area contributed by atoms with E-state index < -0.39 is 0 Å². The van der Waals surface area contributed by atoms with Gasteiger partial charge in [0.2, 0.25) is 0 Å². The molecule has 0 fully saturated rings. The fraction of sp³-hybridized carbons (Fsp3) is 0.875. The zero-order chi connectivity index (χ0) is 7.61. The van der Waals surface area contributed by atoms with Crippen LogP contribution in [0.1, 0.15) is 39.5 Å². The van der Waals surface area contributed by atoms with Crippen LogP contribution in [0.2, 0.25) is 0 Å². The van der Waals surface area contributed by atoms with E-state index in [1.54, 1.807) is 6.21 Å². The second kappa shape index (κ2) is 2.60. The quantitative estimate of drug-likeness (QED) is 0.426. The van der Waals surface area contributed by atoms with Gasteiger partial charge < -0.3 is 5.21 Å². The van der Waals surface area contributed by atoms with Crippen molar-refractivity contribution in [3.8, 4) is 0 Å². The molecule has 58 valence electrons. The molecule has 0 amide bonds. The van der Waals surface area contributed by atoms with Gasteiger partial charge in [0, 0.05) is 25.7 Å². The lowest BCUT2D eigenvalue weighted by Crippen LogP contribution is -2.33. The minimum Gasteiger partial charge on any atom is -0.624 e. The molecule has 0 aromatic rings. The Bertz CT molecular complexity index is 147. The Hall–Kier alpha value is -0.530. The lowest BCUT2D eigenvalue weighted by Gasteiger charge is -2.24. The Morgan fingerprint density at radius 2 is 2.10 bits per heavy atom. The van der Waals surface area contributed by atoms with Crippen LogP contribution in [0.5, 0.6) is 0 Å². The summed E-state index contributed by atoms with van der Waals surface area (Å²) < 4.78 is 1.16. The van der Waals surface area contributed by atoms with Crippen molar-refractivity contribution in [1.82, 2.24) is 0 Å². The molecule has 0 radical (unpaired) electrons. The average Bonchev–Trinajstić information content (AvgIpc) is 2.32. The molecule has 0 atom stereocenters. The smallest absolute Gasteiger partial charge is 0.172 e.